The Morgan fingerprint density at radius 2 is 2.29 bits per heavy atom. The van der Waals surface area contributed by atoms with Gasteiger partial charge in [0, 0.05) is 12.6 Å². The molecule has 2 heterocycles. The van der Waals surface area contributed by atoms with E-state index in [0.717, 1.165) is 12.5 Å². The van der Waals surface area contributed by atoms with Crippen LogP contribution in [0.2, 0.25) is 0 Å². The first-order valence-corrected chi connectivity index (χ1v) is 6.28. The zero-order chi connectivity index (χ0) is 15.4. The molecule has 0 aromatic carbocycles. The Kier molecular flexibility index (Phi) is 4.27. The lowest BCUT2D eigenvalue weighted by molar-refractivity contribution is -0.384. The van der Waals surface area contributed by atoms with E-state index in [-0.39, 0.29) is 11.4 Å². The van der Waals surface area contributed by atoms with Crippen molar-refractivity contribution in [2.24, 2.45) is 0 Å². The van der Waals surface area contributed by atoms with E-state index in [1.165, 1.54) is 29.1 Å². The fraction of sp³-hybridized carbons (Fsp3) is 0.231. The Hall–Kier alpha value is -2.77. The van der Waals surface area contributed by atoms with Crippen LogP contribution in [-0.4, -0.2) is 20.4 Å². The highest BCUT2D eigenvalue weighted by molar-refractivity contribution is 6.03. The number of carbonyl (C=O) groups excluding carboxylic acids is 1. The lowest BCUT2D eigenvalue weighted by atomic mass is 10.3. The first-order chi connectivity index (χ1) is 10.0. The van der Waals surface area contributed by atoms with Crippen LogP contribution in [0.3, 0.4) is 0 Å². The highest BCUT2D eigenvalue weighted by Gasteiger charge is 2.19. The fourth-order valence-corrected chi connectivity index (χ4v) is 1.86. The predicted octanol–water partition coefficient (Wildman–Crippen LogP) is 2.59. The third-order valence-electron chi connectivity index (χ3n) is 2.78. The normalized spacial score (nSPS) is 10.4. The van der Waals surface area contributed by atoms with Crippen LogP contribution in [-0.2, 0) is 6.54 Å². The summed E-state index contributed by atoms with van der Waals surface area (Å²) >= 11 is 0. The van der Waals surface area contributed by atoms with Crippen LogP contribution >= 0.6 is 0 Å². The van der Waals surface area contributed by atoms with Gasteiger partial charge >= 0.3 is 0 Å². The molecule has 0 aliphatic rings. The second kappa shape index (κ2) is 6.12. The molecule has 8 heteroatoms. The van der Waals surface area contributed by atoms with Crippen molar-refractivity contribution in [3.8, 4) is 0 Å². The Labute approximate surface area is 119 Å². The van der Waals surface area contributed by atoms with E-state index >= 15 is 0 Å². The molecule has 0 atom stereocenters. The SMILES string of the molecule is CCCn1cc([N+](=O)[O-])cc1C(=O)Nc1ccc(F)nc1. The summed E-state index contributed by atoms with van der Waals surface area (Å²) in [5, 5.41) is 13.3. The van der Waals surface area contributed by atoms with E-state index < -0.39 is 16.8 Å². The number of halogens is 1. The molecule has 0 saturated heterocycles. The monoisotopic (exact) mass is 292 g/mol. The molecule has 0 fully saturated rings. The van der Waals surface area contributed by atoms with Gasteiger partial charge in [-0.05, 0) is 18.6 Å². The molecule has 110 valence electrons. The first-order valence-electron chi connectivity index (χ1n) is 6.28. The number of amides is 1. The maximum absolute atomic E-state index is 12.7. The summed E-state index contributed by atoms with van der Waals surface area (Å²) in [4.78, 5) is 25.8. The van der Waals surface area contributed by atoms with Gasteiger partial charge in [-0.25, -0.2) is 4.98 Å². The zero-order valence-electron chi connectivity index (χ0n) is 11.2. The van der Waals surface area contributed by atoms with Crippen molar-refractivity contribution >= 4 is 17.3 Å². The highest BCUT2D eigenvalue weighted by Crippen LogP contribution is 2.18. The Balaban J connectivity index is 2.25. The molecular formula is C13H13FN4O3. The van der Waals surface area contributed by atoms with Crippen LogP contribution in [0.15, 0.2) is 30.6 Å². The third-order valence-corrected chi connectivity index (χ3v) is 2.78. The summed E-state index contributed by atoms with van der Waals surface area (Å²) in [5.41, 5.74) is 0.340. The van der Waals surface area contributed by atoms with Gasteiger partial charge < -0.3 is 9.88 Å². The smallest absolute Gasteiger partial charge is 0.287 e. The second-order valence-electron chi connectivity index (χ2n) is 4.36. The van der Waals surface area contributed by atoms with Gasteiger partial charge in [0.1, 0.15) is 5.69 Å². The van der Waals surface area contributed by atoms with E-state index in [1.807, 2.05) is 6.92 Å². The molecule has 2 rings (SSSR count). The summed E-state index contributed by atoms with van der Waals surface area (Å²) in [6.07, 6.45) is 3.22. The number of hydrogen-bond donors (Lipinski definition) is 1. The van der Waals surface area contributed by atoms with Crippen LogP contribution in [0.5, 0.6) is 0 Å². The van der Waals surface area contributed by atoms with Crippen LogP contribution in [0.1, 0.15) is 23.8 Å². The average molecular weight is 292 g/mol. The first kappa shape index (κ1) is 14.6. The summed E-state index contributed by atoms with van der Waals surface area (Å²) in [6, 6.07) is 3.69. The minimum atomic E-state index is -0.655. The molecule has 2 aromatic heterocycles. The van der Waals surface area contributed by atoms with Crippen molar-refractivity contribution in [3.63, 3.8) is 0 Å². The maximum atomic E-state index is 12.7. The van der Waals surface area contributed by atoms with Gasteiger partial charge in [0.25, 0.3) is 11.6 Å². The molecule has 0 unspecified atom stereocenters. The Bertz CT molecular complexity index is 667. The molecule has 1 amide bonds. The van der Waals surface area contributed by atoms with E-state index in [0.29, 0.717) is 12.2 Å². The number of pyridine rings is 1. The lowest BCUT2D eigenvalue weighted by Crippen LogP contribution is -2.16. The van der Waals surface area contributed by atoms with Gasteiger partial charge in [0.05, 0.1) is 23.0 Å². The molecule has 21 heavy (non-hydrogen) atoms. The van der Waals surface area contributed by atoms with Crippen molar-refractivity contribution in [2.45, 2.75) is 19.9 Å². The van der Waals surface area contributed by atoms with Gasteiger partial charge in [0.15, 0.2) is 0 Å². The number of aryl methyl sites for hydroxylation is 1. The standard InChI is InChI=1S/C13H13FN4O3/c1-2-5-17-8-10(18(20)21)6-11(17)13(19)16-9-3-4-12(14)15-7-9/h3-4,6-8H,2,5H2,1H3,(H,16,19). The number of carbonyl (C=O) groups is 1. The number of anilines is 1. The number of nitrogens with zero attached hydrogens (tertiary/aromatic N) is 3. The second-order valence-corrected chi connectivity index (χ2v) is 4.36. The van der Waals surface area contributed by atoms with Gasteiger partial charge in [-0.3, -0.25) is 14.9 Å². The molecule has 2 aromatic rings. The summed E-state index contributed by atoms with van der Waals surface area (Å²) in [5.74, 6) is -1.16. The number of rotatable bonds is 5. The quantitative estimate of drug-likeness (QED) is 0.521. The van der Waals surface area contributed by atoms with Crippen LogP contribution in [0.25, 0.3) is 0 Å². The number of nitrogens with one attached hydrogen (secondary N) is 1. The number of nitro groups is 1. The topological polar surface area (TPSA) is 90.1 Å². The molecule has 0 aliphatic heterocycles. The van der Waals surface area contributed by atoms with Gasteiger partial charge in [0.2, 0.25) is 5.95 Å². The third kappa shape index (κ3) is 3.41. The van der Waals surface area contributed by atoms with Crippen LogP contribution < -0.4 is 5.32 Å². The molecule has 0 saturated carbocycles. The molecule has 0 spiro atoms. The predicted molar refractivity (Wildman–Crippen MR) is 73.5 cm³/mol. The molecule has 1 N–H and O–H groups in total. The molecule has 7 nitrogen and oxygen atoms in total. The summed E-state index contributed by atoms with van der Waals surface area (Å²) < 4.78 is 14.2. The molecule has 0 aliphatic carbocycles. The highest BCUT2D eigenvalue weighted by atomic mass is 19.1. The zero-order valence-corrected chi connectivity index (χ0v) is 11.2. The number of hydrogen-bond acceptors (Lipinski definition) is 4. The van der Waals surface area contributed by atoms with Crippen molar-refractivity contribution in [1.29, 1.82) is 0 Å². The van der Waals surface area contributed by atoms with E-state index in [2.05, 4.69) is 10.3 Å². The Morgan fingerprint density at radius 1 is 1.52 bits per heavy atom. The van der Waals surface area contributed by atoms with Crippen LogP contribution in [0.4, 0.5) is 15.8 Å². The largest absolute Gasteiger partial charge is 0.337 e. The fourth-order valence-electron chi connectivity index (χ4n) is 1.86. The molecule has 0 radical (unpaired) electrons. The average Bonchev–Trinajstić information content (AvgIpc) is 2.86. The van der Waals surface area contributed by atoms with E-state index in [9.17, 15) is 19.3 Å². The van der Waals surface area contributed by atoms with Crippen molar-refractivity contribution < 1.29 is 14.1 Å². The van der Waals surface area contributed by atoms with Gasteiger partial charge in [-0.1, -0.05) is 6.92 Å². The lowest BCUT2D eigenvalue weighted by Gasteiger charge is -2.07. The minimum Gasteiger partial charge on any atom is -0.337 e. The molecule has 0 bridgehead atoms. The van der Waals surface area contributed by atoms with E-state index in [4.69, 9.17) is 0 Å². The summed E-state index contributed by atoms with van der Waals surface area (Å²) in [6.45, 7) is 2.38. The van der Waals surface area contributed by atoms with Crippen molar-refractivity contribution in [1.82, 2.24) is 9.55 Å². The van der Waals surface area contributed by atoms with Crippen LogP contribution in [0, 0.1) is 16.1 Å². The molecular weight excluding hydrogens is 279 g/mol. The number of aromatic nitrogens is 2. The summed E-state index contributed by atoms with van der Waals surface area (Å²) in [7, 11) is 0. The van der Waals surface area contributed by atoms with E-state index in [1.54, 1.807) is 0 Å². The Morgan fingerprint density at radius 3 is 2.86 bits per heavy atom. The van der Waals surface area contributed by atoms with Gasteiger partial charge in [-0.2, -0.15) is 4.39 Å². The van der Waals surface area contributed by atoms with Crippen molar-refractivity contribution in [3.05, 3.63) is 52.3 Å². The van der Waals surface area contributed by atoms with Gasteiger partial charge in [-0.15, -0.1) is 0 Å². The maximum Gasteiger partial charge on any atom is 0.287 e. The minimum absolute atomic E-state index is 0.147. The van der Waals surface area contributed by atoms with Crippen molar-refractivity contribution in [2.75, 3.05) is 5.32 Å².